The van der Waals surface area contributed by atoms with E-state index in [1.807, 2.05) is 31.2 Å². The Morgan fingerprint density at radius 3 is 3.00 bits per heavy atom. The zero-order valence-electron chi connectivity index (χ0n) is 11.2. The molecule has 0 saturated heterocycles. The number of allylic oxidation sites excluding steroid dienone is 1. The van der Waals surface area contributed by atoms with Crippen LogP contribution >= 0.6 is 0 Å². The number of aryl methyl sites for hydroxylation is 2. The molecule has 0 spiro atoms. The first-order valence-electron chi connectivity index (χ1n) is 6.82. The van der Waals surface area contributed by atoms with E-state index in [0.717, 1.165) is 46.1 Å². The molecule has 2 aromatic heterocycles. The molecule has 0 saturated carbocycles. The van der Waals surface area contributed by atoms with E-state index in [9.17, 15) is 4.79 Å². The highest BCUT2D eigenvalue weighted by molar-refractivity contribution is 5.93. The lowest BCUT2D eigenvalue weighted by Gasteiger charge is -2.11. The van der Waals surface area contributed by atoms with Gasteiger partial charge in [0.2, 0.25) is 5.52 Å². The molecule has 0 atom stereocenters. The van der Waals surface area contributed by atoms with Crippen molar-refractivity contribution < 1.29 is 8.82 Å². The van der Waals surface area contributed by atoms with Crippen LogP contribution in [0.1, 0.15) is 23.2 Å². The van der Waals surface area contributed by atoms with Gasteiger partial charge in [-0.05, 0) is 30.5 Å². The average Bonchev–Trinajstić information content (AvgIpc) is 2.47. The molecule has 3 aromatic rings. The predicted molar refractivity (Wildman–Crippen MR) is 77.7 cm³/mol. The second-order valence-electron chi connectivity index (χ2n) is 5.21. The normalized spacial score (nSPS) is 13.8. The summed E-state index contributed by atoms with van der Waals surface area (Å²) in [4.78, 5) is 12.3. The van der Waals surface area contributed by atoms with Gasteiger partial charge in [0, 0.05) is 24.6 Å². The molecule has 2 heterocycles. The molecule has 3 heteroatoms. The molecule has 3 nitrogen and oxygen atoms in total. The van der Waals surface area contributed by atoms with E-state index in [4.69, 9.17) is 4.42 Å². The van der Waals surface area contributed by atoms with E-state index in [-0.39, 0.29) is 5.76 Å². The van der Waals surface area contributed by atoms with Crippen LogP contribution in [0.3, 0.4) is 0 Å². The summed E-state index contributed by atoms with van der Waals surface area (Å²) in [6.07, 6.45) is 6.18. The van der Waals surface area contributed by atoms with Crippen molar-refractivity contribution in [2.45, 2.75) is 19.8 Å². The molecule has 1 aliphatic carbocycles. The SMILES string of the molecule is Cc1cccc2c3ccc4c(c3oc(=O)[n+]12)CCC=C4. The van der Waals surface area contributed by atoms with Crippen LogP contribution in [0.25, 0.3) is 22.6 Å². The van der Waals surface area contributed by atoms with Gasteiger partial charge >= 0.3 is 5.76 Å². The summed E-state index contributed by atoms with van der Waals surface area (Å²) in [7, 11) is 0. The Hall–Kier alpha value is -2.42. The Labute approximate surface area is 115 Å². The van der Waals surface area contributed by atoms with Crippen molar-refractivity contribution in [2.24, 2.45) is 0 Å². The number of nitrogens with zero attached hydrogens (tertiary/aromatic N) is 1. The standard InChI is InChI=1S/C17H14NO2/c1-11-5-4-8-15-14-10-9-12-6-2-3-7-13(12)16(14)20-17(19)18(11)15/h2,4-6,8-10H,3,7H2,1H3/q+1. The highest BCUT2D eigenvalue weighted by atomic mass is 16.4. The fourth-order valence-electron chi connectivity index (χ4n) is 3.02. The molecule has 1 aliphatic rings. The number of rotatable bonds is 0. The number of pyridine rings is 1. The van der Waals surface area contributed by atoms with Crippen LogP contribution in [0.5, 0.6) is 0 Å². The summed E-state index contributed by atoms with van der Waals surface area (Å²) in [5.74, 6) is -0.312. The Morgan fingerprint density at radius 1 is 1.20 bits per heavy atom. The van der Waals surface area contributed by atoms with Gasteiger partial charge in [-0.1, -0.05) is 22.6 Å². The minimum absolute atomic E-state index is 0.312. The largest absolute Gasteiger partial charge is 0.608 e. The van der Waals surface area contributed by atoms with Crippen LogP contribution in [0, 0.1) is 6.92 Å². The molecule has 1 aromatic carbocycles. The molecule has 0 aliphatic heterocycles. The molecule has 0 radical (unpaired) electrons. The third kappa shape index (κ3) is 1.46. The Kier molecular flexibility index (Phi) is 2.30. The lowest BCUT2D eigenvalue weighted by molar-refractivity contribution is -0.550. The molecule has 20 heavy (non-hydrogen) atoms. The van der Waals surface area contributed by atoms with Crippen LogP contribution in [0.15, 0.2) is 45.6 Å². The van der Waals surface area contributed by atoms with Gasteiger partial charge in [0.1, 0.15) is 0 Å². The summed E-state index contributed by atoms with van der Waals surface area (Å²) in [5, 5.41) is 1.00. The molecule has 98 valence electrons. The lowest BCUT2D eigenvalue weighted by Crippen LogP contribution is -2.42. The molecular weight excluding hydrogens is 250 g/mol. The maximum atomic E-state index is 12.3. The van der Waals surface area contributed by atoms with Gasteiger partial charge in [-0.15, -0.1) is 0 Å². The molecular formula is C17H14NO2+. The van der Waals surface area contributed by atoms with Gasteiger partial charge < -0.3 is 4.42 Å². The fraction of sp³-hybridized carbons (Fsp3) is 0.176. The van der Waals surface area contributed by atoms with E-state index in [1.54, 1.807) is 4.40 Å². The lowest BCUT2D eigenvalue weighted by atomic mass is 9.95. The van der Waals surface area contributed by atoms with E-state index in [2.05, 4.69) is 18.2 Å². The van der Waals surface area contributed by atoms with Gasteiger partial charge in [-0.25, -0.2) is 0 Å². The van der Waals surface area contributed by atoms with Crippen molar-refractivity contribution >= 4 is 22.6 Å². The minimum Gasteiger partial charge on any atom is -0.371 e. The third-order valence-corrected chi connectivity index (χ3v) is 3.99. The molecule has 0 amide bonds. The van der Waals surface area contributed by atoms with E-state index in [0.29, 0.717) is 0 Å². The van der Waals surface area contributed by atoms with Crippen molar-refractivity contribution in [1.82, 2.24) is 0 Å². The smallest absolute Gasteiger partial charge is 0.371 e. The highest BCUT2D eigenvalue weighted by Gasteiger charge is 2.20. The first-order chi connectivity index (χ1) is 9.75. The molecule has 0 fully saturated rings. The van der Waals surface area contributed by atoms with Gasteiger partial charge in [-0.3, -0.25) is 0 Å². The van der Waals surface area contributed by atoms with Crippen LogP contribution < -0.4 is 10.2 Å². The number of hydrogen-bond acceptors (Lipinski definition) is 2. The van der Waals surface area contributed by atoms with Gasteiger partial charge in [0.25, 0.3) is 0 Å². The van der Waals surface area contributed by atoms with Crippen LogP contribution in [0.4, 0.5) is 0 Å². The maximum absolute atomic E-state index is 12.3. The van der Waals surface area contributed by atoms with Crippen LogP contribution in [-0.2, 0) is 6.42 Å². The Balaban J connectivity index is 2.26. The van der Waals surface area contributed by atoms with Gasteiger partial charge in [-0.2, -0.15) is 4.79 Å². The number of hydrogen-bond donors (Lipinski definition) is 0. The van der Waals surface area contributed by atoms with Crippen LogP contribution in [0.2, 0.25) is 0 Å². The van der Waals surface area contributed by atoms with Crippen LogP contribution in [-0.4, -0.2) is 0 Å². The van der Waals surface area contributed by atoms with Crippen molar-refractivity contribution in [2.75, 3.05) is 0 Å². The average molecular weight is 264 g/mol. The minimum atomic E-state index is -0.312. The highest BCUT2D eigenvalue weighted by Crippen LogP contribution is 2.28. The Morgan fingerprint density at radius 2 is 2.10 bits per heavy atom. The first kappa shape index (κ1) is 11.4. The summed E-state index contributed by atoms with van der Waals surface area (Å²) in [6.45, 7) is 1.91. The topological polar surface area (TPSA) is 34.3 Å². The second-order valence-corrected chi connectivity index (χ2v) is 5.21. The van der Waals surface area contributed by atoms with E-state index in [1.165, 1.54) is 0 Å². The maximum Gasteiger partial charge on any atom is 0.608 e. The van der Waals surface area contributed by atoms with E-state index >= 15 is 0 Å². The molecule has 0 N–H and O–H groups in total. The molecule has 0 bridgehead atoms. The third-order valence-electron chi connectivity index (χ3n) is 3.99. The zero-order valence-corrected chi connectivity index (χ0v) is 11.2. The summed E-state index contributed by atoms with van der Waals surface area (Å²) >= 11 is 0. The van der Waals surface area contributed by atoms with Crippen molar-refractivity contribution in [3.05, 3.63) is 63.8 Å². The second kappa shape index (κ2) is 4.04. The first-order valence-corrected chi connectivity index (χ1v) is 6.82. The monoisotopic (exact) mass is 264 g/mol. The summed E-state index contributed by atoms with van der Waals surface area (Å²) < 4.78 is 7.26. The molecule has 0 unspecified atom stereocenters. The number of benzene rings is 1. The summed E-state index contributed by atoms with van der Waals surface area (Å²) in [6, 6.07) is 10.0. The van der Waals surface area contributed by atoms with Crippen molar-refractivity contribution in [3.63, 3.8) is 0 Å². The molecule has 4 rings (SSSR count). The number of fused-ring (bicyclic) bond motifs is 5. The summed E-state index contributed by atoms with van der Waals surface area (Å²) in [5.41, 5.74) is 4.84. The fourth-order valence-corrected chi connectivity index (χ4v) is 3.02. The quantitative estimate of drug-likeness (QED) is 0.462. The zero-order chi connectivity index (χ0) is 13.7. The van der Waals surface area contributed by atoms with E-state index < -0.39 is 0 Å². The van der Waals surface area contributed by atoms with Crippen molar-refractivity contribution in [3.8, 4) is 0 Å². The van der Waals surface area contributed by atoms with Crippen molar-refractivity contribution in [1.29, 1.82) is 0 Å². The van der Waals surface area contributed by atoms with Gasteiger partial charge in [0.05, 0.1) is 5.39 Å². The predicted octanol–water partition coefficient (Wildman–Crippen LogP) is 2.80. The number of aromatic nitrogens is 1. The Bertz CT molecular complexity index is 935. The van der Waals surface area contributed by atoms with Gasteiger partial charge in [0.15, 0.2) is 11.3 Å².